The van der Waals surface area contributed by atoms with E-state index in [1.165, 1.54) is 0 Å². The molecule has 32 heavy (non-hydrogen) atoms. The fourth-order valence-corrected chi connectivity index (χ4v) is 3.76. The summed E-state index contributed by atoms with van der Waals surface area (Å²) in [6.07, 6.45) is 1.58. The fourth-order valence-electron chi connectivity index (χ4n) is 3.76. The summed E-state index contributed by atoms with van der Waals surface area (Å²) in [5.74, 6) is -0.155. The van der Waals surface area contributed by atoms with E-state index in [1.807, 2.05) is 98.8 Å². The molecule has 0 fully saturated rings. The molecule has 0 aliphatic carbocycles. The van der Waals surface area contributed by atoms with Crippen LogP contribution in [0.15, 0.2) is 84.9 Å². The SMILES string of the molecule is CCCNC(=O)[C@H](Cc1ccccc1)N(Cc1ccccc1C)C(=O)Cc1ccccc1. The molecule has 0 unspecified atom stereocenters. The molecular weight excluding hydrogens is 396 g/mol. The van der Waals surface area contributed by atoms with Crippen molar-refractivity contribution in [2.75, 3.05) is 6.54 Å². The summed E-state index contributed by atoms with van der Waals surface area (Å²) in [5, 5.41) is 3.02. The van der Waals surface area contributed by atoms with Gasteiger partial charge in [-0.15, -0.1) is 0 Å². The van der Waals surface area contributed by atoms with E-state index < -0.39 is 6.04 Å². The summed E-state index contributed by atoms with van der Waals surface area (Å²) >= 11 is 0. The largest absolute Gasteiger partial charge is 0.354 e. The average molecular weight is 429 g/mol. The summed E-state index contributed by atoms with van der Waals surface area (Å²) in [6.45, 7) is 5.06. The van der Waals surface area contributed by atoms with Crippen LogP contribution in [0.25, 0.3) is 0 Å². The van der Waals surface area contributed by atoms with E-state index in [1.54, 1.807) is 4.90 Å². The zero-order valence-corrected chi connectivity index (χ0v) is 19.0. The number of carbonyl (C=O) groups is 2. The minimum Gasteiger partial charge on any atom is -0.354 e. The summed E-state index contributed by atoms with van der Waals surface area (Å²) in [6, 6.07) is 27.1. The van der Waals surface area contributed by atoms with Crippen LogP contribution in [-0.4, -0.2) is 29.3 Å². The predicted octanol–water partition coefficient (Wildman–Crippen LogP) is 4.70. The summed E-state index contributed by atoms with van der Waals surface area (Å²) < 4.78 is 0. The maximum atomic E-state index is 13.6. The Bertz CT molecular complexity index is 1000. The van der Waals surface area contributed by atoms with Crippen molar-refractivity contribution < 1.29 is 9.59 Å². The fraction of sp³-hybridized carbons (Fsp3) is 0.286. The van der Waals surface area contributed by atoms with Crippen LogP contribution in [-0.2, 0) is 29.0 Å². The maximum absolute atomic E-state index is 13.6. The Morgan fingerprint density at radius 3 is 2.06 bits per heavy atom. The van der Waals surface area contributed by atoms with Gasteiger partial charge in [-0.2, -0.15) is 0 Å². The van der Waals surface area contributed by atoms with Crippen molar-refractivity contribution in [1.29, 1.82) is 0 Å². The van der Waals surface area contributed by atoms with E-state index in [4.69, 9.17) is 0 Å². The predicted molar refractivity (Wildman–Crippen MR) is 129 cm³/mol. The van der Waals surface area contributed by atoms with Crippen LogP contribution in [0.3, 0.4) is 0 Å². The van der Waals surface area contributed by atoms with Crippen molar-refractivity contribution in [3.05, 3.63) is 107 Å². The first-order valence-corrected chi connectivity index (χ1v) is 11.3. The molecule has 1 N–H and O–H groups in total. The van der Waals surface area contributed by atoms with Crippen molar-refractivity contribution in [3.8, 4) is 0 Å². The normalized spacial score (nSPS) is 11.6. The smallest absolute Gasteiger partial charge is 0.243 e. The molecule has 3 aromatic rings. The van der Waals surface area contributed by atoms with E-state index in [0.717, 1.165) is 28.7 Å². The molecule has 4 nitrogen and oxygen atoms in total. The molecule has 0 radical (unpaired) electrons. The molecule has 3 rings (SSSR count). The molecule has 2 amide bonds. The lowest BCUT2D eigenvalue weighted by Gasteiger charge is -2.32. The number of rotatable bonds is 10. The van der Waals surface area contributed by atoms with Crippen molar-refractivity contribution in [1.82, 2.24) is 10.2 Å². The molecule has 0 spiro atoms. The molecule has 166 valence electrons. The second-order valence-electron chi connectivity index (χ2n) is 8.11. The van der Waals surface area contributed by atoms with Gasteiger partial charge in [-0.3, -0.25) is 9.59 Å². The maximum Gasteiger partial charge on any atom is 0.243 e. The first-order valence-electron chi connectivity index (χ1n) is 11.3. The molecule has 0 heterocycles. The first-order chi connectivity index (χ1) is 15.6. The molecule has 0 aromatic heterocycles. The van der Waals surface area contributed by atoms with Crippen LogP contribution in [0.4, 0.5) is 0 Å². The third-order valence-electron chi connectivity index (χ3n) is 5.62. The highest BCUT2D eigenvalue weighted by atomic mass is 16.2. The van der Waals surface area contributed by atoms with Gasteiger partial charge in [-0.05, 0) is 35.6 Å². The highest BCUT2D eigenvalue weighted by molar-refractivity contribution is 5.88. The van der Waals surface area contributed by atoms with Gasteiger partial charge in [0, 0.05) is 19.5 Å². The van der Waals surface area contributed by atoms with Crippen molar-refractivity contribution >= 4 is 11.8 Å². The van der Waals surface area contributed by atoms with Crippen molar-refractivity contribution in [3.63, 3.8) is 0 Å². The first kappa shape index (κ1) is 23.3. The van der Waals surface area contributed by atoms with E-state index in [9.17, 15) is 9.59 Å². The quantitative estimate of drug-likeness (QED) is 0.509. The van der Waals surface area contributed by atoms with E-state index in [0.29, 0.717) is 19.5 Å². The number of hydrogen-bond acceptors (Lipinski definition) is 2. The van der Waals surface area contributed by atoms with Crippen LogP contribution < -0.4 is 5.32 Å². The van der Waals surface area contributed by atoms with Gasteiger partial charge < -0.3 is 10.2 Å². The second-order valence-corrected chi connectivity index (χ2v) is 8.11. The number of nitrogens with zero attached hydrogens (tertiary/aromatic N) is 1. The monoisotopic (exact) mass is 428 g/mol. The zero-order valence-electron chi connectivity index (χ0n) is 19.0. The highest BCUT2D eigenvalue weighted by Gasteiger charge is 2.30. The summed E-state index contributed by atoms with van der Waals surface area (Å²) in [4.78, 5) is 28.6. The van der Waals surface area contributed by atoms with Gasteiger partial charge in [0.25, 0.3) is 0 Å². The highest BCUT2D eigenvalue weighted by Crippen LogP contribution is 2.18. The van der Waals surface area contributed by atoms with Gasteiger partial charge in [0.1, 0.15) is 6.04 Å². The zero-order chi connectivity index (χ0) is 22.8. The van der Waals surface area contributed by atoms with Crippen LogP contribution >= 0.6 is 0 Å². The minimum atomic E-state index is -0.584. The molecule has 3 aromatic carbocycles. The number of amides is 2. The van der Waals surface area contributed by atoms with Crippen LogP contribution in [0.2, 0.25) is 0 Å². The van der Waals surface area contributed by atoms with Crippen molar-refractivity contribution in [2.24, 2.45) is 0 Å². The van der Waals surface area contributed by atoms with E-state index in [-0.39, 0.29) is 18.2 Å². The lowest BCUT2D eigenvalue weighted by atomic mass is 10.0. The Labute approximate surface area is 191 Å². The van der Waals surface area contributed by atoms with Gasteiger partial charge in [0.05, 0.1) is 6.42 Å². The molecule has 0 aliphatic rings. The average Bonchev–Trinajstić information content (AvgIpc) is 2.82. The molecular formula is C28H32N2O2. The molecule has 0 saturated heterocycles. The Morgan fingerprint density at radius 1 is 0.844 bits per heavy atom. The summed E-state index contributed by atoms with van der Waals surface area (Å²) in [7, 11) is 0. The topological polar surface area (TPSA) is 49.4 Å². The van der Waals surface area contributed by atoms with Crippen molar-refractivity contribution in [2.45, 2.75) is 45.7 Å². The Hall–Kier alpha value is -3.40. The van der Waals surface area contributed by atoms with Gasteiger partial charge in [-0.1, -0.05) is 91.9 Å². The van der Waals surface area contributed by atoms with E-state index in [2.05, 4.69) is 5.32 Å². The van der Waals surface area contributed by atoms with E-state index >= 15 is 0 Å². The molecule has 0 saturated carbocycles. The standard InChI is InChI=1S/C28H32N2O2/c1-3-18-29-28(32)26(19-23-13-6-4-7-14-23)30(21-25-17-11-10-12-22(25)2)27(31)20-24-15-8-5-9-16-24/h4-17,26H,3,18-21H2,1-2H3,(H,29,32)/t26-/m0/s1. The van der Waals surface area contributed by atoms with Gasteiger partial charge in [0.15, 0.2) is 0 Å². The summed E-state index contributed by atoms with van der Waals surface area (Å²) in [5.41, 5.74) is 4.14. The molecule has 4 heteroatoms. The van der Waals surface area contributed by atoms with Crippen LogP contribution in [0.5, 0.6) is 0 Å². The Kier molecular flexibility index (Phi) is 8.61. The Balaban J connectivity index is 1.95. The molecule has 1 atom stereocenters. The third kappa shape index (κ3) is 6.55. The van der Waals surface area contributed by atoms with Gasteiger partial charge >= 0.3 is 0 Å². The Morgan fingerprint density at radius 2 is 1.44 bits per heavy atom. The van der Waals surface area contributed by atoms with Gasteiger partial charge in [0.2, 0.25) is 11.8 Å². The number of aryl methyl sites for hydroxylation is 1. The number of nitrogens with one attached hydrogen (secondary N) is 1. The third-order valence-corrected chi connectivity index (χ3v) is 5.62. The lowest BCUT2D eigenvalue weighted by molar-refractivity contribution is -0.140. The number of benzene rings is 3. The van der Waals surface area contributed by atoms with Crippen LogP contribution in [0, 0.1) is 6.92 Å². The molecule has 0 aliphatic heterocycles. The number of carbonyl (C=O) groups excluding carboxylic acids is 2. The molecule has 0 bridgehead atoms. The van der Waals surface area contributed by atoms with Gasteiger partial charge in [-0.25, -0.2) is 0 Å². The van der Waals surface area contributed by atoms with Crippen LogP contribution in [0.1, 0.15) is 35.6 Å². The second kappa shape index (κ2) is 11.8. The minimum absolute atomic E-state index is 0.0490. The lowest BCUT2D eigenvalue weighted by Crippen LogP contribution is -2.51. The number of hydrogen-bond donors (Lipinski definition) is 1.